The maximum Gasteiger partial charge on any atom is 0.305 e. The highest BCUT2D eigenvalue weighted by Gasteiger charge is 2.33. The normalized spacial score (nSPS) is 12.7. The zero-order chi connectivity index (χ0) is 17.6. The minimum absolute atomic E-state index is 0.00781. The van der Waals surface area contributed by atoms with E-state index in [0.717, 1.165) is 4.31 Å². The van der Waals surface area contributed by atoms with Gasteiger partial charge in [0.1, 0.15) is 6.04 Å². The van der Waals surface area contributed by atoms with Gasteiger partial charge in [-0.2, -0.15) is 4.31 Å². The predicted octanol–water partition coefficient (Wildman–Crippen LogP) is 1.83. The SMILES string of the molecule is O=[C][C@H](CC(=O)O)N(Cc1ccccc1)S(=O)(=O)c1ccccc1. The van der Waals surface area contributed by atoms with Gasteiger partial charge in [-0.25, -0.2) is 8.42 Å². The standard InChI is InChI=1S/C17H16NO5S/c19-13-15(11-17(20)21)18(12-14-7-3-1-4-8-14)24(22,23)16-9-5-2-6-10-16/h1-10,15H,11-12H2,(H,20,21)/t15-/m0/s1. The Bertz CT molecular complexity index is 790. The van der Waals surface area contributed by atoms with Crippen LogP contribution in [0.3, 0.4) is 0 Å². The first-order valence-corrected chi connectivity index (χ1v) is 8.59. The fourth-order valence-corrected chi connectivity index (χ4v) is 3.77. The summed E-state index contributed by atoms with van der Waals surface area (Å²) in [4.78, 5) is 22.2. The van der Waals surface area contributed by atoms with E-state index in [0.29, 0.717) is 5.56 Å². The van der Waals surface area contributed by atoms with Crippen LogP contribution >= 0.6 is 0 Å². The van der Waals surface area contributed by atoms with Gasteiger partial charge in [-0.15, -0.1) is 0 Å². The molecule has 125 valence electrons. The Balaban J connectivity index is 2.45. The van der Waals surface area contributed by atoms with Gasteiger partial charge in [0.15, 0.2) is 0 Å². The molecule has 2 aromatic rings. The first-order chi connectivity index (χ1) is 11.4. The molecular weight excluding hydrogens is 330 g/mol. The van der Waals surface area contributed by atoms with Gasteiger partial charge in [0.05, 0.1) is 11.3 Å². The summed E-state index contributed by atoms with van der Waals surface area (Å²) in [5, 5.41) is 8.97. The molecular formula is C17H16NO5S. The molecule has 6 nitrogen and oxygen atoms in total. The molecule has 0 unspecified atom stereocenters. The summed E-state index contributed by atoms with van der Waals surface area (Å²) in [6.07, 6.45) is 0.895. The Morgan fingerprint density at radius 3 is 2.08 bits per heavy atom. The van der Waals surface area contributed by atoms with E-state index in [2.05, 4.69) is 0 Å². The summed E-state index contributed by atoms with van der Waals surface area (Å²) in [6.45, 7) is -0.120. The van der Waals surface area contributed by atoms with Crippen molar-refractivity contribution in [2.24, 2.45) is 0 Å². The second-order valence-electron chi connectivity index (χ2n) is 5.08. The van der Waals surface area contributed by atoms with Gasteiger partial charge in [-0.05, 0) is 17.7 Å². The van der Waals surface area contributed by atoms with Crippen molar-refractivity contribution in [3.8, 4) is 0 Å². The molecule has 0 fully saturated rings. The highest BCUT2D eigenvalue weighted by molar-refractivity contribution is 7.89. The second kappa shape index (κ2) is 7.85. The van der Waals surface area contributed by atoms with E-state index in [4.69, 9.17) is 5.11 Å². The van der Waals surface area contributed by atoms with Gasteiger partial charge in [0.25, 0.3) is 0 Å². The van der Waals surface area contributed by atoms with Crippen molar-refractivity contribution in [3.05, 3.63) is 66.2 Å². The number of hydrogen-bond acceptors (Lipinski definition) is 4. The zero-order valence-electron chi connectivity index (χ0n) is 12.7. The van der Waals surface area contributed by atoms with Gasteiger partial charge >= 0.3 is 5.97 Å². The molecule has 0 heterocycles. The van der Waals surface area contributed by atoms with E-state index >= 15 is 0 Å². The van der Waals surface area contributed by atoms with Crippen molar-refractivity contribution >= 4 is 22.3 Å². The third-order valence-electron chi connectivity index (χ3n) is 3.38. The van der Waals surface area contributed by atoms with Gasteiger partial charge in [-0.1, -0.05) is 48.5 Å². The predicted molar refractivity (Wildman–Crippen MR) is 87.3 cm³/mol. The van der Waals surface area contributed by atoms with Crippen LogP contribution in [0, 0.1) is 0 Å². The second-order valence-corrected chi connectivity index (χ2v) is 6.97. The lowest BCUT2D eigenvalue weighted by Gasteiger charge is -2.26. The van der Waals surface area contributed by atoms with Crippen LogP contribution in [0.15, 0.2) is 65.6 Å². The Morgan fingerprint density at radius 2 is 1.58 bits per heavy atom. The minimum Gasteiger partial charge on any atom is -0.481 e. The van der Waals surface area contributed by atoms with Crippen LogP contribution in [0.1, 0.15) is 12.0 Å². The minimum atomic E-state index is -4.05. The highest BCUT2D eigenvalue weighted by atomic mass is 32.2. The Kier molecular flexibility index (Phi) is 5.83. The number of carboxylic acid groups (broad SMARTS) is 1. The maximum atomic E-state index is 12.9. The summed E-state index contributed by atoms with van der Waals surface area (Å²) < 4.78 is 26.6. The summed E-state index contributed by atoms with van der Waals surface area (Å²) in [5.74, 6) is -1.27. The number of rotatable bonds is 8. The molecule has 0 aromatic heterocycles. The molecule has 0 amide bonds. The number of carbonyl (C=O) groups is 1. The number of hydrogen-bond donors (Lipinski definition) is 1. The highest BCUT2D eigenvalue weighted by Crippen LogP contribution is 2.21. The van der Waals surface area contributed by atoms with Crippen LogP contribution < -0.4 is 0 Å². The average molecular weight is 346 g/mol. The van der Waals surface area contributed by atoms with Gasteiger partial charge in [-0.3, -0.25) is 9.59 Å². The van der Waals surface area contributed by atoms with Gasteiger partial charge in [0, 0.05) is 6.54 Å². The van der Waals surface area contributed by atoms with Gasteiger partial charge < -0.3 is 5.11 Å². The number of benzene rings is 2. The molecule has 7 heteroatoms. The van der Waals surface area contributed by atoms with Crippen molar-refractivity contribution in [2.75, 3.05) is 0 Å². The quantitative estimate of drug-likeness (QED) is 0.787. The van der Waals surface area contributed by atoms with E-state index in [1.165, 1.54) is 12.1 Å². The molecule has 2 aromatic carbocycles. The van der Waals surface area contributed by atoms with E-state index in [1.54, 1.807) is 54.8 Å². The average Bonchev–Trinajstić information content (AvgIpc) is 2.59. The van der Waals surface area contributed by atoms with E-state index in [1.807, 2.05) is 0 Å². The van der Waals surface area contributed by atoms with E-state index in [9.17, 15) is 18.0 Å². The number of aliphatic carboxylic acids is 1. The molecule has 0 saturated heterocycles. The third kappa shape index (κ3) is 4.27. The molecule has 0 aliphatic heterocycles. The Hall–Kier alpha value is -2.51. The van der Waals surface area contributed by atoms with Crippen LogP contribution in [0.25, 0.3) is 0 Å². The van der Waals surface area contributed by atoms with Crippen LogP contribution in [0.4, 0.5) is 0 Å². The largest absolute Gasteiger partial charge is 0.481 e. The molecule has 0 aliphatic carbocycles. The smallest absolute Gasteiger partial charge is 0.305 e. The summed E-state index contributed by atoms with van der Waals surface area (Å²) in [7, 11) is -4.05. The number of sulfonamides is 1. The first-order valence-electron chi connectivity index (χ1n) is 7.15. The van der Waals surface area contributed by atoms with Crippen LogP contribution in [0.5, 0.6) is 0 Å². The molecule has 0 saturated carbocycles. The summed E-state index contributed by atoms with van der Waals surface area (Å²) in [6, 6.07) is 14.8. The van der Waals surface area contributed by atoms with Crippen molar-refractivity contribution in [1.29, 1.82) is 0 Å². The van der Waals surface area contributed by atoms with E-state index < -0.39 is 28.5 Å². The molecule has 1 atom stereocenters. The molecule has 0 bridgehead atoms. The van der Waals surface area contributed by atoms with Crippen LogP contribution in [0.2, 0.25) is 0 Å². The van der Waals surface area contributed by atoms with E-state index in [-0.39, 0.29) is 11.4 Å². The number of carbonyl (C=O) groups excluding carboxylic acids is 1. The molecule has 1 radical (unpaired) electrons. The maximum absolute atomic E-state index is 12.9. The lowest BCUT2D eigenvalue weighted by molar-refractivity contribution is -0.137. The van der Waals surface area contributed by atoms with Crippen LogP contribution in [-0.2, 0) is 26.2 Å². The first kappa shape index (κ1) is 17.8. The fourth-order valence-electron chi connectivity index (χ4n) is 2.22. The molecule has 0 aliphatic rings. The lowest BCUT2D eigenvalue weighted by Crippen LogP contribution is -2.42. The molecule has 2 rings (SSSR count). The molecule has 1 N–H and O–H groups in total. The van der Waals surface area contributed by atoms with Gasteiger partial charge in [0.2, 0.25) is 16.3 Å². The van der Waals surface area contributed by atoms with Crippen LogP contribution in [-0.4, -0.2) is 36.1 Å². The Labute approximate surface area is 140 Å². The molecule has 24 heavy (non-hydrogen) atoms. The summed E-state index contributed by atoms with van der Waals surface area (Å²) >= 11 is 0. The fraction of sp³-hybridized carbons (Fsp3) is 0.176. The van der Waals surface area contributed by atoms with Crippen molar-refractivity contribution < 1.29 is 23.1 Å². The summed E-state index contributed by atoms with van der Waals surface area (Å²) in [5.41, 5.74) is 0.641. The zero-order valence-corrected chi connectivity index (χ0v) is 13.5. The third-order valence-corrected chi connectivity index (χ3v) is 5.25. The lowest BCUT2D eigenvalue weighted by atomic mass is 10.2. The Morgan fingerprint density at radius 1 is 1.04 bits per heavy atom. The topological polar surface area (TPSA) is 91.8 Å². The van der Waals surface area contributed by atoms with Crippen molar-refractivity contribution in [2.45, 2.75) is 23.9 Å². The monoisotopic (exact) mass is 346 g/mol. The molecule has 0 spiro atoms. The van der Waals surface area contributed by atoms with Crippen molar-refractivity contribution in [3.63, 3.8) is 0 Å². The van der Waals surface area contributed by atoms with Crippen molar-refractivity contribution in [1.82, 2.24) is 4.31 Å². The number of nitrogens with zero attached hydrogens (tertiary/aromatic N) is 1. The number of carboxylic acids is 1.